The van der Waals surface area contributed by atoms with E-state index in [1.807, 2.05) is 12.1 Å². The maximum Gasteiger partial charge on any atom is 0.267 e. The number of aromatic nitrogens is 6. The minimum atomic E-state index is -4.38. The Morgan fingerprint density at radius 1 is 0.604 bits per heavy atom. The predicted octanol–water partition coefficient (Wildman–Crippen LogP) is 5.71. The summed E-state index contributed by atoms with van der Waals surface area (Å²) in [5, 5.41) is 2.72. The number of rotatable bonds is 6. The van der Waals surface area contributed by atoms with Crippen LogP contribution in [0.1, 0.15) is 85.7 Å². The molecule has 6 atom stereocenters. The van der Waals surface area contributed by atoms with E-state index >= 15 is 0 Å². The van der Waals surface area contributed by atoms with Crippen LogP contribution in [0.25, 0.3) is 0 Å². The summed E-state index contributed by atoms with van der Waals surface area (Å²) >= 11 is 0. The second kappa shape index (κ2) is 11.4. The second-order valence-corrected chi connectivity index (χ2v) is 16.4. The summed E-state index contributed by atoms with van der Waals surface area (Å²) in [6, 6.07) is 16.9. The van der Waals surface area contributed by atoms with Crippen molar-refractivity contribution in [3.05, 3.63) is 83.4 Å². The van der Waals surface area contributed by atoms with Crippen LogP contribution in [-0.4, -0.2) is 68.7 Å². The van der Waals surface area contributed by atoms with E-state index in [1.54, 1.807) is 48.5 Å². The lowest BCUT2D eigenvalue weighted by atomic mass is 9.94. The topological polar surface area (TPSA) is 130 Å². The van der Waals surface area contributed by atoms with E-state index < -0.39 is 89.6 Å². The molecule has 48 heavy (non-hydrogen) atoms. The Hall–Kier alpha value is -3.80. The van der Waals surface area contributed by atoms with E-state index in [-0.39, 0.29) is 37.3 Å². The number of alkyl halides is 6. The van der Waals surface area contributed by atoms with Crippen LogP contribution >= 0.6 is 0 Å². The molecule has 0 bridgehead atoms. The van der Waals surface area contributed by atoms with E-state index in [4.69, 9.17) is 0 Å². The van der Waals surface area contributed by atoms with Gasteiger partial charge in [0.05, 0.1) is 12.1 Å². The van der Waals surface area contributed by atoms with Crippen molar-refractivity contribution in [1.82, 2.24) is 29.5 Å². The number of hydrogen-bond acceptors (Lipinski definition) is 8. The Balaban J connectivity index is 0.000000152. The third-order valence-corrected chi connectivity index (χ3v) is 13.4. The highest BCUT2D eigenvalue weighted by Crippen LogP contribution is 2.47. The standard InChI is InChI=1S/2C15H14F3N3O2S/c2*16-10-8-11(9-4-2-1-3-5-9)21-13(10)19-14(20-21)24(22,23)12-6-7-15(12,17)18/h2*1-5,10-12H,6-8H2/t10-,11-,12+;10-,11-,12-/m00/s1. The average molecular weight is 715 g/mol. The molecule has 4 aliphatic rings. The van der Waals surface area contributed by atoms with E-state index in [9.17, 15) is 43.2 Å². The van der Waals surface area contributed by atoms with Gasteiger partial charge < -0.3 is 0 Å². The summed E-state index contributed by atoms with van der Waals surface area (Å²) in [4.78, 5) is 7.49. The average Bonchev–Trinajstić information content (AvgIpc) is 3.80. The van der Waals surface area contributed by atoms with Crippen LogP contribution < -0.4 is 0 Å². The fraction of sp³-hybridized carbons (Fsp3) is 0.467. The van der Waals surface area contributed by atoms with Gasteiger partial charge in [-0.3, -0.25) is 0 Å². The first-order chi connectivity index (χ1) is 22.6. The zero-order valence-corrected chi connectivity index (χ0v) is 26.5. The largest absolute Gasteiger partial charge is 0.267 e. The summed E-state index contributed by atoms with van der Waals surface area (Å²) < 4.78 is 134. The SMILES string of the molecule is O=S(=O)(c1nc2n(n1)[C@H](c1ccccc1)C[C@@H]2F)[C@@H]1CCC1(F)F.O=S(=O)(c1nc2n(n1)[C@H](c1ccccc1)C[C@@H]2F)[C@H]1CCC1(F)F. The minimum Gasteiger partial charge on any atom is -0.239 e. The lowest BCUT2D eigenvalue weighted by molar-refractivity contribution is -0.0671. The first-order valence-electron chi connectivity index (χ1n) is 15.2. The highest BCUT2D eigenvalue weighted by molar-refractivity contribution is 7.92. The van der Waals surface area contributed by atoms with Crippen molar-refractivity contribution in [2.45, 2.75) is 95.6 Å². The van der Waals surface area contributed by atoms with Gasteiger partial charge in [0.1, 0.15) is 10.5 Å². The molecule has 10 nitrogen and oxygen atoms in total. The quantitative estimate of drug-likeness (QED) is 0.233. The van der Waals surface area contributed by atoms with Crippen LogP contribution in [0.3, 0.4) is 0 Å². The molecule has 2 aromatic heterocycles. The first-order valence-corrected chi connectivity index (χ1v) is 18.2. The van der Waals surface area contributed by atoms with Crippen LogP contribution in [0.5, 0.6) is 0 Å². The summed E-state index contributed by atoms with van der Waals surface area (Å²) in [5.74, 6) is -6.79. The van der Waals surface area contributed by atoms with Crippen molar-refractivity contribution in [2.24, 2.45) is 0 Å². The van der Waals surface area contributed by atoms with E-state index in [0.29, 0.717) is 0 Å². The molecule has 18 heteroatoms. The van der Waals surface area contributed by atoms with Gasteiger partial charge in [-0.05, 0) is 24.0 Å². The Labute approximate surface area is 271 Å². The molecule has 0 unspecified atom stereocenters. The molecule has 4 heterocycles. The van der Waals surface area contributed by atoms with Crippen LogP contribution in [0.2, 0.25) is 0 Å². The third kappa shape index (κ3) is 5.31. The predicted molar refractivity (Wildman–Crippen MR) is 156 cm³/mol. The Morgan fingerprint density at radius 2 is 0.958 bits per heavy atom. The molecular weight excluding hydrogens is 686 g/mol. The highest BCUT2D eigenvalue weighted by atomic mass is 32.2. The number of sulfone groups is 2. The van der Waals surface area contributed by atoms with Gasteiger partial charge in [-0.1, -0.05) is 60.7 Å². The van der Waals surface area contributed by atoms with Crippen LogP contribution in [-0.2, 0) is 19.7 Å². The summed E-state index contributed by atoms with van der Waals surface area (Å²) in [7, 11) is -8.75. The van der Waals surface area contributed by atoms with Gasteiger partial charge in [0.15, 0.2) is 24.0 Å². The number of fused-ring (bicyclic) bond motifs is 2. The molecular formula is C30H28F6N6O4S2. The molecule has 2 aromatic carbocycles. The van der Waals surface area contributed by atoms with Crippen LogP contribution in [0.15, 0.2) is 71.0 Å². The smallest absolute Gasteiger partial charge is 0.239 e. The van der Waals surface area contributed by atoms with Gasteiger partial charge in [-0.2, -0.15) is 9.97 Å². The van der Waals surface area contributed by atoms with Gasteiger partial charge in [0, 0.05) is 25.7 Å². The first kappa shape index (κ1) is 32.7. The maximum atomic E-state index is 14.2. The monoisotopic (exact) mass is 714 g/mol. The molecule has 0 radical (unpaired) electrons. The molecule has 0 saturated heterocycles. The maximum absolute atomic E-state index is 14.2. The molecule has 2 aliphatic heterocycles. The van der Waals surface area contributed by atoms with Crippen molar-refractivity contribution in [3.63, 3.8) is 0 Å². The molecule has 2 aliphatic carbocycles. The highest BCUT2D eigenvalue weighted by Gasteiger charge is 2.58. The van der Waals surface area contributed by atoms with Crippen LogP contribution in [0, 0.1) is 0 Å². The molecule has 0 spiro atoms. The number of hydrogen-bond donors (Lipinski definition) is 0. The van der Waals surface area contributed by atoms with E-state index in [0.717, 1.165) is 11.1 Å². The molecule has 0 N–H and O–H groups in total. The van der Waals surface area contributed by atoms with Crippen molar-refractivity contribution < 1.29 is 43.2 Å². The Morgan fingerprint density at radius 3 is 1.25 bits per heavy atom. The molecule has 2 saturated carbocycles. The summed E-state index contributed by atoms with van der Waals surface area (Å²) in [5.41, 5.74) is 1.53. The number of halogens is 6. The molecule has 4 aromatic rings. The number of benzene rings is 2. The van der Waals surface area contributed by atoms with Crippen molar-refractivity contribution in [1.29, 1.82) is 0 Å². The normalized spacial score (nSPS) is 28.4. The van der Waals surface area contributed by atoms with E-state index in [1.165, 1.54) is 9.36 Å². The van der Waals surface area contributed by atoms with Crippen molar-refractivity contribution in [3.8, 4) is 0 Å². The Bertz CT molecular complexity index is 1910. The van der Waals surface area contributed by atoms with Crippen LogP contribution in [0.4, 0.5) is 26.3 Å². The molecule has 8 rings (SSSR count). The second-order valence-electron chi connectivity index (χ2n) is 12.3. The molecule has 256 valence electrons. The number of nitrogens with zero attached hydrogens (tertiary/aromatic N) is 6. The van der Waals surface area contributed by atoms with Gasteiger partial charge in [-0.25, -0.2) is 52.5 Å². The third-order valence-electron chi connectivity index (χ3n) is 9.34. The molecule has 2 fully saturated rings. The summed E-state index contributed by atoms with van der Waals surface area (Å²) in [6.07, 6.45) is -3.98. The van der Waals surface area contributed by atoms with Gasteiger partial charge >= 0.3 is 0 Å². The summed E-state index contributed by atoms with van der Waals surface area (Å²) in [6.45, 7) is 0. The zero-order chi connectivity index (χ0) is 34.2. The van der Waals surface area contributed by atoms with Gasteiger partial charge in [-0.15, -0.1) is 10.2 Å². The Kier molecular flexibility index (Phi) is 7.76. The minimum absolute atomic E-state index is 0.0965. The van der Waals surface area contributed by atoms with Crippen molar-refractivity contribution in [2.75, 3.05) is 0 Å². The van der Waals surface area contributed by atoms with Gasteiger partial charge in [0.2, 0.25) is 19.7 Å². The van der Waals surface area contributed by atoms with Crippen molar-refractivity contribution >= 4 is 19.7 Å². The zero-order valence-electron chi connectivity index (χ0n) is 24.9. The fourth-order valence-electron chi connectivity index (χ4n) is 6.44. The van der Waals surface area contributed by atoms with E-state index in [2.05, 4.69) is 20.2 Å². The fourth-order valence-corrected chi connectivity index (χ4v) is 9.80. The molecule has 0 amide bonds. The van der Waals surface area contributed by atoms with Gasteiger partial charge in [0.25, 0.3) is 22.2 Å². The lowest BCUT2D eigenvalue weighted by Crippen LogP contribution is -2.49. The lowest BCUT2D eigenvalue weighted by Gasteiger charge is -2.34.